The molecule has 2 nitrogen and oxygen atoms in total. The molecule has 0 saturated carbocycles. The third kappa shape index (κ3) is 6.25. The maximum atomic E-state index is 4.91. The minimum atomic E-state index is 0.0703. The standard InChI is InChI=1S/C17H32N2S/c1-9-14(12(3)4)18-13(5)15(11-20)19-16(10-2)17(6,7)8/h14-15,20H,3,9-11H2,1-2,4-8H3/b18-13+,19-16-. The van der Waals surface area contributed by atoms with Crippen LogP contribution in [0.15, 0.2) is 22.1 Å². The molecule has 20 heavy (non-hydrogen) atoms. The summed E-state index contributed by atoms with van der Waals surface area (Å²) in [6, 6.07) is 0.271. The lowest BCUT2D eigenvalue weighted by Gasteiger charge is -2.23. The van der Waals surface area contributed by atoms with Crippen molar-refractivity contribution in [1.29, 1.82) is 0 Å². The number of hydrogen-bond acceptors (Lipinski definition) is 3. The lowest BCUT2D eigenvalue weighted by molar-refractivity contribution is 0.575. The van der Waals surface area contributed by atoms with Gasteiger partial charge in [-0.1, -0.05) is 46.8 Å². The van der Waals surface area contributed by atoms with Gasteiger partial charge in [-0.2, -0.15) is 12.6 Å². The summed E-state index contributed by atoms with van der Waals surface area (Å²) in [4.78, 5) is 9.71. The van der Waals surface area contributed by atoms with Crippen LogP contribution >= 0.6 is 12.6 Å². The third-order valence-corrected chi connectivity index (χ3v) is 3.83. The van der Waals surface area contributed by atoms with Gasteiger partial charge in [0.2, 0.25) is 0 Å². The Morgan fingerprint density at radius 2 is 1.65 bits per heavy atom. The maximum Gasteiger partial charge on any atom is 0.0960 e. The van der Waals surface area contributed by atoms with Crippen LogP contribution in [0.4, 0.5) is 0 Å². The van der Waals surface area contributed by atoms with Crippen molar-refractivity contribution in [1.82, 2.24) is 0 Å². The van der Waals surface area contributed by atoms with Gasteiger partial charge >= 0.3 is 0 Å². The van der Waals surface area contributed by atoms with Crippen LogP contribution in [0.5, 0.6) is 0 Å². The molecule has 0 aliphatic carbocycles. The fourth-order valence-electron chi connectivity index (χ4n) is 2.15. The van der Waals surface area contributed by atoms with E-state index < -0.39 is 0 Å². The van der Waals surface area contributed by atoms with Crippen LogP contribution in [0.2, 0.25) is 0 Å². The Bertz CT molecular complexity index is 375. The molecular weight excluding hydrogens is 264 g/mol. The average molecular weight is 297 g/mol. The van der Waals surface area contributed by atoms with Crippen molar-refractivity contribution in [3.05, 3.63) is 12.2 Å². The first kappa shape index (κ1) is 19.4. The van der Waals surface area contributed by atoms with Crippen molar-refractivity contribution in [2.75, 3.05) is 5.75 Å². The predicted molar refractivity (Wildman–Crippen MR) is 96.8 cm³/mol. The van der Waals surface area contributed by atoms with Gasteiger partial charge in [-0.05, 0) is 32.1 Å². The zero-order valence-corrected chi connectivity index (χ0v) is 15.2. The van der Waals surface area contributed by atoms with Crippen molar-refractivity contribution in [3.63, 3.8) is 0 Å². The Hall–Kier alpha value is -0.570. The van der Waals surface area contributed by atoms with Gasteiger partial charge in [0.1, 0.15) is 0 Å². The molecule has 0 rings (SSSR count). The van der Waals surface area contributed by atoms with E-state index in [9.17, 15) is 0 Å². The molecule has 0 spiro atoms. The molecule has 0 aromatic carbocycles. The van der Waals surface area contributed by atoms with Gasteiger partial charge in [0.15, 0.2) is 0 Å². The molecule has 0 aromatic rings. The van der Waals surface area contributed by atoms with E-state index >= 15 is 0 Å². The molecule has 3 heteroatoms. The topological polar surface area (TPSA) is 24.7 Å². The molecule has 0 amide bonds. The Morgan fingerprint density at radius 1 is 1.10 bits per heavy atom. The zero-order chi connectivity index (χ0) is 15.9. The molecule has 0 aromatic heterocycles. The van der Waals surface area contributed by atoms with Crippen molar-refractivity contribution < 1.29 is 0 Å². The second-order valence-electron chi connectivity index (χ2n) is 6.42. The normalized spacial score (nSPS) is 17.0. The number of thiol groups is 1. The number of nitrogens with zero attached hydrogens (tertiary/aromatic N) is 2. The largest absolute Gasteiger partial charge is 0.284 e. The van der Waals surface area contributed by atoms with E-state index in [2.05, 4.69) is 60.8 Å². The fraction of sp³-hybridized carbons (Fsp3) is 0.765. The molecule has 2 atom stereocenters. The number of rotatable bonds is 7. The second kappa shape index (κ2) is 8.66. The first-order valence-corrected chi connectivity index (χ1v) is 8.18. The smallest absolute Gasteiger partial charge is 0.0960 e. The molecule has 0 N–H and O–H groups in total. The van der Waals surface area contributed by atoms with E-state index in [0.29, 0.717) is 5.75 Å². The highest BCUT2D eigenvalue weighted by Gasteiger charge is 2.20. The van der Waals surface area contributed by atoms with Crippen LogP contribution in [-0.2, 0) is 0 Å². The van der Waals surface area contributed by atoms with E-state index in [1.807, 2.05) is 6.92 Å². The van der Waals surface area contributed by atoms with Gasteiger partial charge in [0, 0.05) is 17.2 Å². The highest BCUT2D eigenvalue weighted by molar-refractivity contribution is 7.80. The van der Waals surface area contributed by atoms with Crippen LogP contribution < -0.4 is 0 Å². The van der Waals surface area contributed by atoms with Crippen LogP contribution in [0.25, 0.3) is 0 Å². The van der Waals surface area contributed by atoms with Gasteiger partial charge in [0.05, 0.1) is 12.1 Å². The van der Waals surface area contributed by atoms with E-state index in [1.54, 1.807) is 0 Å². The summed E-state index contributed by atoms with van der Waals surface area (Å²) in [5, 5.41) is 0. The molecule has 0 fully saturated rings. The summed E-state index contributed by atoms with van der Waals surface area (Å²) in [6.07, 6.45) is 1.95. The molecular formula is C17H32N2S. The first-order chi connectivity index (χ1) is 9.17. The molecule has 0 aliphatic rings. The molecule has 0 aliphatic heterocycles. The summed E-state index contributed by atoms with van der Waals surface area (Å²) in [6.45, 7) is 19.0. The summed E-state index contributed by atoms with van der Waals surface area (Å²) >= 11 is 4.46. The molecule has 0 bridgehead atoms. The van der Waals surface area contributed by atoms with Gasteiger partial charge < -0.3 is 0 Å². The molecule has 2 unspecified atom stereocenters. The highest BCUT2D eigenvalue weighted by atomic mass is 32.1. The Morgan fingerprint density at radius 3 is 1.95 bits per heavy atom. The summed E-state index contributed by atoms with van der Waals surface area (Å²) in [5.41, 5.74) is 3.51. The average Bonchev–Trinajstić information content (AvgIpc) is 2.34. The molecule has 0 heterocycles. The van der Waals surface area contributed by atoms with Crippen molar-refractivity contribution in [3.8, 4) is 0 Å². The molecule has 0 radical (unpaired) electrons. The highest BCUT2D eigenvalue weighted by Crippen LogP contribution is 2.20. The SMILES string of the molecule is C=C(C)C(CC)/N=C(\C)C(CS)/N=C(/CC)C(C)(C)C. The monoisotopic (exact) mass is 296 g/mol. The lowest BCUT2D eigenvalue weighted by atomic mass is 9.88. The number of aliphatic imine (C=N–C) groups is 2. The Kier molecular flexibility index (Phi) is 8.41. The quantitative estimate of drug-likeness (QED) is 0.388. The minimum Gasteiger partial charge on any atom is -0.284 e. The van der Waals surface area contributed by atoms with Gasteiger partial charge in [0.25, 0.3) is 0 Å². The van der Waals surface area contributed by atoms with E-state index in [1.165, 1.54) is 5.71 Å². The lowest BCUT2D eigenvalue weighted by Crippen LogP contribution is -2.27. The maximum absolute atomic E-state index is 4.91. The second-order valence-corrected chi connectivity index (χ2v) is 6.78. The summed E-state index contributed by atoms with van der Waals surface area (Å²) in [5.74, 6) is 0.696. The van der Waals surface area contributed by atoms with Crippen molar-refractivity contribution in [2.45, 2.75) is 73.4 Å². The number of hydrogen-bond donors (Lipinski definition) is 1. The van der Waals surface area contributed by atoms with E-state index in [-0.39, 0.29) is 17.5 Å². The van der Waals surface area contributed by atoms with Gasteiger partial charge in [-0.15, -0.1) is 0 Å². The van der Waals surface area contributed by atoms with Crippen LogP contribution in [0, 0.1) is 5.41 Å². The first-order valence-electron chi connectivity index (χ1n) is 7.55. The van der Waals surface area contributed by atoms with E-state index in [0.717, 1.165) is 24.1 Å². The van der Waals surface area contributed by atoms with Gasteiger partial charge in [-0.25, -0.2) is 0 Å². The van der Waals surface area contributed by atoms with Crippen LogP contribution in [-0.4, -0.2) is 29.3 Å². The van der Waals surface area contributed by atoms with E-state index in [4.69, 9.17) is 9.98 Å². The van der Waals surface area contributed by atoms with Crippen molar-refractivity contribution in [2.24, 2.45) is 15.4 Å². The summed E-state index contributed by atoms with van der Waals surface area (Å²) in [7, 11) is 0. The molecule has 116 valence electrons. The Balaban J connectivity index is 5.32. The zero-order valence-electron chi connectivity index (χ0n) is 14.3. The van der Waals surface area contributed by atoms with Crippen LogP contribution in [0.3, 0.4) is 0 Å². The summed E-state index contributed by atoms with van der Waals surface area (Å²) < 4.78 is 0. The third-order valence-electron chi connectivity index (χ3n) is 3.48. The van der Waals surface area contributed by atoms with Crippen molar-refractivity contribution >= 4 is 24.1 Å². The molecule has 0 saturated heterocycles. The minimum absolute atomic E-state index is 0.0703. The van der Waals surface area contributed by atoms with Crippen LogP contribution in [0.1, 0.15) is 61.3 Å². The van der Waals surface area contributed by atoms with Gasteiger partial charge in [-0.3, -0.25) is 9.98 Å². The fourth-order valence-corrected chi connectivity index (χ4v) is 2.50. The predicted octanol–water partition coefficient (Wildman–Crippen LogP) is 5.00. The Labute approximate surface area is 131 Å².